The molecule has 0 aliphatic rings. The number of methoxy groups -OCH3 is 1. The molecule has 2 aromatic carbocycles. The van der Waals surface area contributed by atoms with E-state index in [2.05, 4.69) is 10.6 Å². The highest BCUT2D eigenvalue weighted by Gasteiger charge is 2.16. The van der Waals surface area contributed by atoms with Crippen LogP contribution in [0.1, 0.15) is 28.4 Å². The molecule has 0 aromatic heterocycles. The highest BCUT2D eigenvalue weighted by atomic mass is 16.5. The van der Waals surface area contributed by atoms with E-state index in [0.717, 1.165) is 16.8 Å². The summed E-state index contributed by atoms with van der Waals surface area (Å²) in [6, 6.07) is 12.4. The summed E-state index contributed by atoms with van der Waals surface area (Å²) in [5.41, 5.74) is 4.05. The van der Waals surface area contributed by atoms with E-state index in [9.17, 15) is 14.4 Å². The second kappa shape index (κ2) is 11.2. The van der Waals surface area contributed by atoms with Crippen molar-refractivity contribution >= 4 is 29.0 Å². The van der Waals surface area contributed by atoms with Gasteiger partial charge in [-0.25, -0.2) is 0 Å². The van der Waals surface area contributed by atoms with E-state index in [0.29, 0.717) is 24.4 Å². The van der Waals surface area contributed by atoms with Crippen LogP contribution in [0.3, 0.4) is 0 Å². The quantitative estimate of drug-likeness (QED) is 0.587. The summed E-state index contributed by atoms with van der Waals surface area (Å²) in [4.78, 5) is 38.1. The van der Waals surface area contributed by atoms with Crippen LogP contribution in [0.15, 0.2) is 42.5 Å². The number of rotatable bonds is 10. The predicted octanol–water partition coefficient (Wildman–Crippen LogP) is 3.03. The molecule has 160 valence electrons. The lowest BCUT2D eigenvalue weighted by atomic mass is 10.1. The Kier molecular flexibility index (Phi) is 8.70. The van der Waals surface area contributed by atoms with Crippen molar-refractivity contribution in [3.63, 3.8) is 0 Å². The van der Waals surface area contributed by atoms with E-state index in [1.165, 1.54) is 6.92 Å². The molecule has 0 aliphatic carbocycles. The first-order valence-corrected chi connectivity index (χ1v) is 9.78. The number of benzene rings is 2. The molecule has 2 amide bonds. The summed E-state index contributed by atoms with van der Waals surface area (Å²) in [6.07, 6.45) is 0. The number of nitrogens with zero attached hydrogens (tertiary/aromatic N) is 1. The van der Waals surface area contributed by atoms with Gasteiger partial charge in [0.05, 0.1) is 19.7 Å². The van der Waals surface area contributed by atoms with Gasteiger partial charge in [0.1, 0.15) is 0 Å². The SMILES string of the molecule is COCCN(CC(=O)Nc1ccc(C(C)=O)cc1)CC(=O)Nc1cccc(C)c1C. The molecular weight excluding hydrogens is 382 g/mol. The number of aryl methyl sites for hydroxylation is 1. The second-order valence-electron chi connectivity index (χ2n) is 7.18. The highest BCUT2D eigenvalue weighted by Crippen LogP contribution is 2.18. The van der Waals surface area contributed by atoms with Crippen molar-refractivity contribution in [1.29, 1.82) is 0 Å². The number of carbonyl (C=O) groups excluding carboxylic acids is 3. The van der Waals surface area contributed by atoms with Crippen LogP contribution in [0.4, 0.5) is 11.4 Å². The fourth-order valence-corrected chi connectivity index (χ4v) is 2.91. The Morgan fingerprint density at radius 3 is 2.17 bits per heavy atom. The first kappa shape index (κ1) is 23.3. The minimum atomic E-state index is -0.249. The topological polar surface area (TPSA) is 87.7 Å². The third-order valence-corrected chi connectivity index (χ3v) is 4.80. The Hall–Kier alpha value is -3.03. The van der Waals surface area contributed by atoms with Gasteiger partial charge in [0.2, 0.25) is 11.8 Å². The van der Waals surface area contributed by atoms with Crippen molar-refractivity contribution in [2.75, 3.05) is 44.0 Å². The minimum Gasteiger partial charge on any atom is -0.383 e. The first-order chi connectivity index (χ1) is 14.3. The van der Waals surface area contributed by atoms with E-state index in [4.69, 9.17) is 4.74 Å². The summed E-state index contributed by atoms with van der Waals surface area (Å²) in [5, 5.41) is 5.70. The number of ether oxygens (including phenoxy) is 1. The van der Waals surface area contributed by atoms with Crippen molar-refractivity contribution in [1.82, 2.24) is 4.90 Å². The Morgan fingerprint density at radius 2 is 1.57 bits per heavy atom. The maximum Gasteiger partial charge on any atom is 0.238 e. The Balaban J connectivity index is 1.96. The summed E-state index contributed by atoms with van der Waals surface area (Å²) >= 11 is 0. The van der Waals surface area contributed by atoms with Crippen LogP contribution in [0.25, 0.3) is 0 Å². The van der Waals surface area contributed by atoms with Gasteiger partial charge in [-0.05, 0) is 62.2 Å². The number of ketones is 1. The fraction of sp³-hybridized carbons (Fsp3) is 0.348. The number of amides is 2. The van der Waals surface area contributed by atoms with Crippen LogP contribution in [-0.2, 0) is 14.3 Å². The predicted molar refractivity (Wildman–Crippen MR) is 118 cm³/mol. The van der Waals surface area contributed by atoms with Gasteiger partial charge < -0.3 is 15.4 Å². The lowest BCUT2D eigenvalue weighted by Gasteiger charge is -2.21. The summed E-state index contributed by atoms with van der Waals surface area (Å²) in [7, 11) is 1.57. The minimum absolute atomic E-state index is 0.0338. The van der Waals surface area contributed by atoms with Crippen molar-refractivity contribution < 1.29 is 19.1 Å². The molecule has 7 nitrogen and oxygen atoms in total. The zero-order chi connectivity index (χ0) is 22.1. The molecular formula is C23H29N3O4. The van der Waals surface area contributed by atoms with Gasteiger partial charge in [0.15, 0.2) is 5.78 Å². The molecule has 0 aliphatic heterocycles. The molecule has 0 fully saturated rings. The molecule has 0 heterocycles. The van der Waals surface area contributed by atoms with Crippen molar-refractivity contribution in [2.45, 2.75) is 20.8 Å². The monoisotopic (exact) mass is 411 g/mol. The van der Waals surface area contributed by atoms with Gasteiger partial charge in [-0.2, -0.15) is 0 Å². The molecule has 0 saturated carbocycles. The normalized spacial score (nSPS) is 10.7. The average Bonchev–Trinajstić information content (AvgIpc) is 2.70. The molecule has 0 saturated heterocycles. The fourth-order valence-electron chi connectivity index (χ4n) is 2.91. The number of hydrogen-bond acceptors (Lipinski definition) is 5. The molecule has 0 bridgehead atoms. The summed E-state index contributed by atoms with van der Waals surface area (Å²) < 4.78 is 5.11. The number of carbonyl (C=O) groups is 3. The largest absolute Gasteiger partial charge is 0.383 e. The van der Waals surface area contributed by atoms with E-state index in [-0.39, 0.29) is 30.7 Å². The summed E-state index contributed by atoms with van der Waals surface area (Å²) in [5.74, 6) is -0.479. The number of anilines is 2. The van der Waals surface area contributed by atoms with Gasteiger partial charge in [0.25, 0.3) is 0 Å². The van der Waals surface area contributed by atoms with Gasteiger partial charge >= 0.3 is 0 Å². The number of Topliss-reactive ketones (excluding diaryl/α,β-unsaturated/α-hetero) is 1. The van der Waals surface area contributed by atoms with Crippen LogP contribution in [0.2, 0.25) is 0 Å². The zero-order valence-electron chi connectivity index (χ0n) is 18.0. The highest BCUT2D eigenvalue weighted by molar-refractivity contribution is 5.96. The second-order valence-corrected chi connectivity index (χ2v) is 7.18. The molecule has 2 N–H and O–H groups in total. The molecule has 0 spiro atoms. The van der Waals surface area contributed by atoms with E-state index in [1.807, 2.05) is 32.0 Å². The Morgan fingerprint density at radius 1 is 0.933 bits per heavy atom. The average molecular weight is 412 g/mol. The summed E-state index contributed by atoms with van der Waals surface area (Å²) in [6.45, 7) is 6.38. The van der Waals surface area contributed by atoms with Crippen molar-refractivity contribution in [2.24, 2.45) is 0 Å². The maximum atomic E-state index is 12.5. The molecule has 0 radical (unpaired) electrons. The van der Waals surface area contributed by atoms with Crippen LogP contribution in [-0.4, -0.2) is 55.8 Å². The first-order valence-electron chi connectivity index (χ1n) is 9.78. The molecule has 7 heteroatoms. The van der Waals surface area contributed by atoms with Gasteiger partial charge in [-0.15, -0.1) is 0 Å². The third kappa shape index (κ3) is 7.09. The molecule has 30 heavy (non-hydrogen) atoms. The molecule has 2 aromatic rings. The molecule has 0 atom stereocenters. The molecule has 2 rings (SSSR count). The van der Waals surface area contributed by atoms with Crippen LogP contribution >= 0.6 is 0 Å². The van der Waals surface area contributed by atoms with Gasteiger partial charge in [-0.3, -0.25) is 19.3 Å². The van der Waals surface area contributed by atoms with Crippen molar-refractivity contribution in [3.05, 3.63) is 59.2 Å². The van der Waals surface area contributed by atoms with Crippen LogP contribution < -0.4 is 10.6 Å². The maximum absolute atomic E-state index is 12.5. The van der Waals surface area contributed by atoms with Crippen LogP contribution in [0, 0.1) is 13.8 Å². The standard InChI is InChI=1S/C23H29N3O4/c1-16-6-5-7-21(17(16)2)25-23(29)15-26(12-13-30-4)14-22(28)24-20-10-8-19(9-11-20)18(3)27/h5-11H,12-15H2,1-4H3,(H,24,28)(H,25,29). The van der Waals surface area contributed by atoms with Gasteiger partial charge in [0, 0.05) is 30.6 Å². The van der Waals surface area contributed by atoms with E-state index >= 15 is 0 Å². The van der Waals surface area contributed by atoms with E-state index < -0.39 is 0 Å². The zero-order valence-corrected chi connectivity index (χ0v) is 18.0. The van der Waals surface area contributed by atoms with Crippen LogP contribution in [0.5, 0.6) is 0 Å². The van der Waals surface area contributed by atoms with Gasteiger partial charge in [-0.1, -0.05) is 12.1 Å². The number of nitrogens with one attached hydrogen (secondary N) is 2. The number of hydrogen-bond donors (Lipinski definition) is 2. The Bertz CT molecular complexity index is 894. The smallest absolute Gasteiger partial charge is 0.238 e. The van der Waals surface area contributed by atoms with E-state index in [1.54, 1.807) is 36.3 Å². The third-order valence-electron chi connectivity index (χ3n) is 4.80. The lowest BCUT2D eigenvalue weighted by molar-refractivity contribution is -0.120. The molecule has 0 unspecified atom stereocenters. The Labute approximate surface area is 177 Å². The lowest BCUT2D eigenvalue weighted by Crippen LogP contribution is -2.40. The van der Waals surface area contributed by atoms with Crippen molar-refractivity contribution in [3.8, 4) is 0 Å².